The molecule has 7 nitrogen and oxygen atoms in total. The third-order valence-electron chi connectivity index (χ3n) is 3.88. The van der Waals surface area contributed by atoms with E-state index < -0.39 is 10.0 Å². The summed E-state index contributed by atoms with van der Waals surface area (Å²) in [4.78, 5) is 14.4. The minimum atomic E-state index is -3.57. The van der Waals surface area contributed by atoms with Gasteiger partial charge in [0.15, 0.2) is 0 Å². The second-order valence-corrected chi connectivity index (χ2v) is 8.25. The maximum Gasteiger partial charge on any atom is 0.240 e. The van der Waals surface area contributed by atoms with Crippen molar-refractivity contribution in [3.63, 3.8) is 0 Å². The summed E-state index contributed by atoms with van der Waals surface area (Å²) in [5, 5.41) is 3.28. The number of amides is 1. The molecule has 0 aromatic heterocycles. The van der Waals surface area contributed by atoms with Crippen LogP contribution in [0, 0.1) is 0 Å². The number of benzene rings is 1. The smallest absolute Gasteiger partial charge is 0.240 e. The van der Waals surface area contributed by atoms with Gasteiger partial charge in [-0.2, -0.15) is 0 Å². The van der Waals surface area contributed by atoms with Crippen molar-refractivity contribution >= 4 is 33.2 Å². The quantitative estimate of drug-likeness (QED) is 0.669. The zero-order chi connectivity index (χ0) is 18.3. The number of carbonyl (C=O) groups is 1. The van der Waals surface area contributed by atoms with Gasteiger partial charge in [-0.1, -0.05) is 11.6 Å². The van der Waals surface area contributed by atoms with Crippen LogP contribution in [-0.2, 0) is 19.6 Å². The first-order valence-electron chi connectivity index (χ1n) is 8.16. The maximum atomic E-state index is 12.1. The molecule has 1 fully saturated rings. The first-order chi connectivity index (χ1) is 11.9. The predicted molar refractivity (Wildman–Crippen MR) is 98.5 cm³/mol. The Morgan fingerprint density at radius 2 is 1.92 bits per heavy atom. The van der Waals surface area contributed by atoms with E-state index in [1.54, 1.807) is 24.3 Å². The van der Waals surface area contributed by atoms with Crippen molar-refractivity contribution < 1.29 is 17.9 Å². The Morgan fingerprint density at radius 1 is 1.28 bits per heavy atom. The zero-order valence-electron chi connectivity index (χ0n) is 14.3. The van der Waals surface area contributed by atoms with Gasteiger partial charge in [-0.05, 0) is 37.2 Å². The third-order valence-corrected chi connectivity index (χ3v) is 5.27. The number of sulfonamides is 1. The molecule has 0 unspecified atom stereocenters. The van der Waals surface area contributed by atoms with Gasteiger partial charge in [0.25, 0.3) is 0 Å². The van der Waals surface area contributed by atoms with Crippen molar-refractivity contribution in [3.8, 4) is 0 Å². The summed E-state index contributed by atoms with van der Waals surface area (Å²) < 4.78 is 30.3. The van der Waals surface area contributed by atoms with Crippen molar-refractivity contribution in [1.29, 1.82) is 0 Å². The lowest BCUT2D eigenvalue weighted by Gasteiger charge is -2.26. The molecule has 1 amide bonds. The van der Waals surface area contributed by atoms with Gasteiger partial charge in [0, 0.05) is 24.7 Å². The SMILES string of the molecule is CS(=O)(=O)N(CC(=O)NCCCN1CCOCC1)c1ccc(Cl)cc1. The van der Waals surface area contributed by atoms with Crippen molar-refractivity contribution in [3.05, 3.63) is 29.3 Å². The van der Waals surface area contributed by atoms with E-state index in [1.165, 1.54) is 0 Å². The van der Waals surface area contributed by atoms with Crippen LogP contribution in [0.2, 0.25) is 5.02 Å². The number of morpholine rings is 1. The van der Waals surface area contributed by atoms with Gasteiger partial charge < -0.3 is 10.1 Å². The molecule has 140 valence electrons. The highest BCUT2D eigenvalue weighted by Crippen LogP contribution is 2.20. The van der Waals surface area contributed by atoms with Crippen LogP contribution in [0.4, 0.5) is 5.69 Å². The molecule has 1 heterocycles. The molecule has 1 saturated heterocycles. The monoisotopic (exact) mass is 389 g/mol. The van der Waals surface area contributed by atoms with Gasteiger partial charge in [-0.15, -0.1) is 0 Å². The third kappa shape index (κ3) is 6.81. The van der Waals surface area contributed by atoms with E-state index in [9.17, 15) is 13.2 Å². The molecule has 1 aliphatic rings. The van der Waals surface area contributed by atoms with Crippen LogP contribution >= 0.6 is 11.6 Å². The van der Waals surface area contributed by atoms with Crippen LogP contribution in [0.3, 0.4) is 0 Å². The van der Waals surface area contributed by atoms with Crippen molar-refractivity contribution in [2.24, 2.45) is 0 Å². The molecular weight excluding hydrogens is 366 g/mol. The molecule has 1 aromatic rings. The summed E-state index contributed by atoms with van der Waals surface area (Å²) in [6.45, 7) is 4.45. The number of anilines is 1. The van der Waals surface area contributed by atoms with Crippen LogP contribution in [-0.4, -0.2) is 71.4 Å². The van der Waals surface area contributed by atoms with Crippen LogP contribution in [0.15, 0.2) is 24.3 Å². The van der Waals surface area contributed by atoms with E-state index in [0.717, 1.165) is 49.8 Å². The predicted octanol–water partition coefficient (Wildman–Crippen LogP) is 0.945. The zero-order valence-corrected chi connectivity index (χ0v) is 15.9. The molecule has 0 atom stereocenters. The fourth-order valence-electron chi connectivity index (χ4n) is 2.55. The van der Waals surface area contributed by atoms with E-state index in [-0.39, 0.29) is 12.5 Å². The lowest BCUT2D eigenvalue weighted by atomic mass is 10.3. The van der Waals surface area contributed by atoms with E-state index in [0.29, 0.717) is 17.3 Å². The van der Waals surface area contributed by atoms with Gasteiger partial charge in [0.1, 0.15) is 6.54 Å². The van der Waals surface area contributed by atoms with Gasteiger partial charge in [0.05, 0.1) is 25.2 Å². The normalized spacial score (nSPS) is 15.8. The summed E-state index contributed by atoms with van der Waals surface area (Å²) in [6, 6.07) is 6.34. The lowest BCUT2D eigenvalue weighted by molar-refractivity contribution is -0.119. The second kappa shape index (κ2) is 9.38. The summed E-state index contributed by atoms with van der Waals surface area (Å²) in [5.74, 6) is -0.331. The van der Waals surface area contributed by atoms with Crippen molar-refractivity contribution in [2.75, 3.05) is 56.5 Å². The Morgan fingerprint density at radius 3 is 2.52 bits per heavy atom. The topological polar surface area (TPSA) is 79.0 Å². The Labute approximate surface area is 153 Å². The average molecular weight is 390 g/mol. The first-order valence-corrected chi connectivity index (χ1v) is 10.4. The molecule has 9 heteroatoms. The molecule has 1 aromatic carbocycles. The van der Waals surface area contributed by atoms with Gasteiger partial charge >= 0.3 is 0 Å². The number of hydrogen-bond donors (Lipinski definition) is 1. The number of rotatable bonds is 8. The van der Waals surface area contributed by atoms with Crippen LogP contribution in [0.1, 0.15) is 6.42 Å². The summed E-state index contributed by atoms with van der Waals surface area (Å²) in [5.41, 5.74) is 0.412. The van der Waals surface area contributed by atoms with E-state index in [1.807, 2.05) is 0 Å². The highest BCUT2D eigenvalue weighted by molar-refractivity contribution is 7.92. The lowest BCUT2D eigenvalue weighted by Crippen LogP contribution is -2.41. The highest BCUT2D eigenvalue weighted by atomic mass is 35.5. The fraction of sp³-hybridized carbons (Fsp3) is 0.562. The average Bonchev–Trinajstić information content (AvgIpc) is 2.57. The molecule has 0 saturated carbocycles. The largest absolute Gasteiger partial charge is 0.379 e. The minimum absolute atomic E-state index is 0.252. The van der Waals surface area contributed by atoms with Gasteiger partial charge in [-0.25, -0.2) is 8.42 Å². The van der Waals surface area contributed by atoms with Crippen LogP contribution < -0.4 is 9.62 Å². The van der Waals surface area contributed by atoms with E-state index >= 15 is 0 Å². The Bertz CT molecular complexity index is 660. The minimum Gasteiger partial charge on any atom is -0.379 e. The molecule has 2 rings (SSSR count). The maximum absolute atomic E-state index is 12.1. The number of halogens is 1. The standard InChI is InChI=1S/C16H24ClN3O4S/c1-25(22,23)20(15-5-3-14(17)4-6-15)13-16(21)18-7-2-8-19-9-11-24-12-10-19/h3-6H,2,7-13H2,1H3,(H,18,21). The molecular formula is C16H24ClN3O4S. The Kier molecular flexibility index (Phi) is 7.49. The van der Waals surface area contributed by atoms with Crippen molar-refractivity contribution in [2.45, 2.75) is 6.42 Å². The van der Waals surface area contributed by atoms with Crippen molar-refractivity contribution in [1.82, 2.24) is 10.2 Å². The van der Waals surface area contributed by atoms with Crippen LogP contribution in [0.5, 0.6) is 0 Å². The number of ether oxygens (including phenoxy) is 1. The highest BCUT2D eigenvalue weighted by Gasteiger charge is 2.20. The summed E-state index contributed by atoms with van der Waals surface area (Å²) in [6.07, 6.45) is 1.89. The number of hydrogen-bond acceptors (Lipinski definition) is 5. The number of carbonyl (C=O) groups excluding carboxylic acids is 1. The molecule has 0 bridgehead atoms. The van der Waals surface area contributed by atoms with Gasteiger partial charge in [-0.3, -0.25) is 14.0 Å². The van der Waals surface area contributed by atoms with Gasteiger partial charge in [0.2, 0.25) is 15.9 Å². The summed E-state index contributed by atoms with van der Waals surface area (Å²) in [7, 11) is -3.57. The van der Waals surface area contributed by atoms with E-state index in [4.69, 9.17) is 16.3 Å². The molecule has 0 radical (unpaired) electrons. The molecule has 0 spiro atoms. The first kappa shape index (κ1) is 20.0. The molecule has 1 N–H and O–H groups in total. The van der Waals surface area contributed by atoms with Crippen LogP contribution in [0.25, 0.3) is 0 Å². The molecule has 0 aliphatic carbocycles. The van der Waals surface area contributed by atoms with E-state index in [2.05, 4.69) is 10.2 Å². The summed E-state index contributed by atoms with van der Waals surface area (Å²) >= 11 is 5.83. The molecule has 1 aliphatic heterocycles. The number of nitrogens with one attached hydrogen (secondary N) is 1. The number of nitrogens with zero attached hydrogens (tertiary/aromatic N) is 2. The molecule has 25 heavy (non-hydrogen) atoms. The Hall–Kier alpha value is -1.35. The Balaban J connectivity index is 1.82. The fourth-order valence-corrected chi connectivity index (χ4v) is 3.53. The second-order valence-electron chi connectivity index (χ2n) is 5.90.